The quantitative estimate of drug-likeness (QED) is 0.773. The number of thiocarbonyl (C=S) groups is 1. The van der Waals surface area contributed by atoms with Gasteiger partial charge < -0.3 is 5.32 Å². The molecule has 2 heterocycles. The highest BCUT2D eigenvalue weighted by atomic mass is 32.1. The van der Waals surface area contributed by atoms with Crippen LogP contribution in [0.1, 0.15) is 18.4 Å². The number of carbonyl (C=O) groups excluding carboxylic acids is 2. The molecular weight excluding hydrogens is 250 g/mol. The first-order valence-corrected chi connectivity index (χ1v) is 5.93. The fraction of sp³-hybridized carbons (Fsp3) is 0.167. The van der Waals surface area contributed by atoms with Crippen LogP contribution in [-0.4, -0.2) is 27.5 Å². The average Bonchev–Trinajstić information content (AvgIpc) is 2.84. The van der Waals surface area contributed by atoms with Gasteiger partial charge in [-0.1, -0.05) is 30.4 Å². The lowest BCUT2D eigenvalue weighted by molar-refractivity contribution is -0.125. The minimum Gasteiger partial charge on any atom is -0.320 e. The maximum absolute atomic E-state index is 11.8. The number of fused-ring (bicyclic) bond motifs is 1. The summed E-state index contributed by atoms with van der Waals surface area (Å²) in [6.45, 7) is 0. The minimum atomic E-state index is -0.307. The lowest BCUT2D eigenvalue weighted by atomic mass is 10.1. The van der Waals surface area contributed by atoms with E-state index in [1.54, 1.807) is 12.1 Å². The highest BCUT2D eigenvalue weighted by Gasteiger charge is 2.31. The predicted octanol–water partition coefficient (Wildman–Crippen LogP) is 1.29. The Balaban J connectivity index is 2.04. The Hall–Kier alpha value is -2.08. The molecule has 1 aromatic carbocycles. The number of hydrogen-bond donors (Lipinski definition) is 1. The van der Waals surface area contributed by atoms with Crippen molar-refractivity contribution in [2.45, 2.75) is 12.8 Å². The summed E-state index contributed by atoms with van der Waals surface area (Å²) in [6, 6.07) is 7.22. The molecule has 0 aliphatic carbocycles. The summed E-state index contributed by atoms with van der Waals surface area (Å²) in [4.78, 5) is 23.9. The Morgan fingerprint density at radius 3 is 2.72 bits per heavy atom. The molecule has 90 valence electrons. The smallest absolute Gasteiger partial charge is 0.276 e. The number of anilines is 1. The minimum absolute atomic E-state index is 0.162. The average molecular weight is 259 g/mol. The Morgan fingerprint density at radius 2 is 2.00 bits per heavy atom. The van der Waals surface area contributed by atoms with Crippen LogP contribution >= 0.6 is 12.2 Å². The lowest BCUT2D eigenvalue weighted by Crippen LogP contribution is -2.26. The van der Waals surface area contributed by atoms with Crippen molar-refractivity contribution in [2.75, 3.05) is 5.32 Å². The predicted molar refractivity (Wildman–Crippen MR) is 70.3 cm³/mol. The van der Waals surface area contributed by atoms with Gasteiger partial charge >= 0.3 is 0 Å². The molecule has 6 heteroatoms. The van der Waals surface area contributed by atoms with Crippen LogP contribution in [0.4, 0.5) is 5.69 Å². The van der Waals surface area contributed by atoms with Gasteiger partial charge in [0.1, 0.15) is 4.99 Å². The summed E-state index contributed by atoms with van der Waals surface area (Å²) in [5.41, 5.74) is 1.65. The Labute approximate surface area is 108 Å². The van der Waals surface area contributed by atoms with Crippen LogP contribution in [0.25, 0.3) is 0 Å². The van der Waals surface area contributed by atoms with E-state index >= 15 is 0 Å². The Kier molecular flexibility index (Phi) is 2.45. The number of nitrogens with one attached hydrogen (secondary N) is 1. The number of para-hydroxylation sites is 1. The zero-order valence-corrected chi connectivity index (χ0v) is 10.2. The van der Waals surface area contributed by atoms with Gasteiger partial charge in [-0.2, -0.15) is 10.1 Å². The number of benzene rings is 1. The summed E-state index contributed by atoms with van der Waals surface area (Å²) in [7, 11) is 0. The van der Waals surface area contributed by atoms with Crippen molar-refractivity contribution < 1.29 is 9.59 Å². The monoisotopic (exact) mass is 259 g/mol. The van der Waals surface area contributed by atoms with Gasteiger partial charge in [-0.15, -0.1) is 0 Å². The third-order valence-electron chi connectivity index (χ3n) is 2.87. The van der Waals surface area contributed by atoms with Crippen LogP contribution in [0.5, 0.6) is 0 Å². The van der Waals surface area contributed by atoms with Crippen molar-refractivity contribution in [3.05, 3.63) is 29.8 Å². The molecule has 0 saturated carbocycles. The number of nitrogens with zero attached hydrogens (tertiary/aromatic N) is 2. The van der Waals surface area contributed by atoms with Crippen molar-refractivity contribution >= 4 is 40.4 Å². The first kappa shape index (κ1) is 11.0. The van der Waals surface area contributed by atoms with Crippen molar-refractivity contribution in [3.63, 3.8) is 0 Å². The Morgan fingerprint density at radius 1 is 1.22 bits per heavy atom. The second kappa shape index (κ2) is 3.99. The van der Waals surface area contributed by atoms with E-state index in [4.69, 9.17) is 12.2 Å². The highest BCUT2D eigenvalue weighted by molar-refractivity contribution is 7.80. The lowest BCUT2D eigenvalue weighted by Gasteiger charge is -2.09. The number of hydrazone groups is 1. The van der Waals surface area contributed by atoms with E-state index in [1.165, 1.54) is 0 Å². The molecular formula is C12H9N3O2S. The Bertz CT molecular complexity index is 593. The molecule has 2 amide bonds. The summed E-state index contributed by atoms with van der Waals surface area (Å²) in [6.07, 6.45) is 0.882. The molecule has 0 radical (unpaired) electrons. The van der Waals surface area contributed by atoms with Gasteiger partial charge in [-0.3, -0.25) is 9.59 Å². The molecule has 18 heavy (non-hydrogen) atoms. The normalized spacial score (nSPS) is 20.6. The zero-order chi connectivity index (χ0) is 12.7. The van der Waals surface area contributed by atoms with Gasteiger partial charge in [0, 0.05) is 18.4 Å². The van der Waals surface area contributed by atoms with E-state index in [1.807, 2.05) is 12.1 Å². The van der Waals surface area contributed by atoms with Gasteiger partial charge in [0.05, 0.1) is 5.69 Å². The fourth-order valence-electron chi connectivity index (χ4n) is 1.98. The van der Waals surface area contributed by atoms with Crippen molar-refractivity contribution in [1.82, 2.24) is 5.01 Å². The summed E-state index contributed by atoms with van der Waals surface area (Å²) in [5.74, 6) is -0.469. The van der Waals surface area contributed by atoms with Crippen molar-refractivity contribution in [3.8, 4) is 0 Å². The summed E-state index contributed by atoms with van der Waals surface area (Å²) < 4.78 is 0. The van der Waals surface area contributed by atoms with E-state index in [0.717, 1.165) is 5.01 Å². The molecule has 0 bridgehead atoms. The molecule has 2 aliphatic rings. The second-order valence-electron chi connectivity index (χ2n) is 4.05. The molecule has 3 rings (SSSR count). The molecule has 0 atom stereocenters. The van der Waals surface area contributed by atoms with Crippen molar-refractivity contribution in [2.24, 2.45) is 5.10 Å². The van der Waals surface area contributed by atoms with Gasteiger partial charge in [0.25, 0.3) is 5.91 Å². The summed E-state index contributed by atoms with van der Waals surface area (Å²) >= 11 is 5.06. The summed E-state index contributed by atoms with van der Waals surface area (Å²) in [5, 5.41) is 7.97. The molecule has 1 saturated heterocycles. The largest absolute Gasteiger partial charge is 0.320 e. The van der Waals surface area contributed by atoms with E-state index in [2.05, 4.69) is 10.4 Å². The molecule has 2 aliphatic heterocycles. The second-order valence-corrected chi connectivity index (χ2v) is 4.52. The molecule has 1 aromatic rings. The number of amides is 2. The number of carbonyl (C=O) groups is 2. The highest BCUT2D eigenvalue weighted by Crippen LogP contribution is 2.24. The first-order chi connectivity index (χ1) is 8.66. The molecule has 1 N–H and O–H groups in total. The third-order valence-corrected chi connectivity index (χ3v) is 3.25. The SMILES string of the molecule is O=C1Nc2ccccc2C1=NN1C(=O)CCC1=S. The van der Waals surface area contributed by atoms with Crippen LogP contribution in [0.2, 0.25) is 0 Å². The van der Waals surface area contributed by atoms with Gasteiger partial charge in [0.15, 0.2) is 5.71 Å². The van der Waals surface area contributed by atoms with E-state index in [9.17, 15) is 9.59 Å². The van der Waals surface area contributed by atoms with E-state index in [0.29, 0.717) is 29.1 Å². The molecule has 0 unspecified atom stereocenters. The third kappa shape index (κ3) is 1.62. The van der Waals surface area contributed by atoms with Crippen LogP contribution < -0.4 is 5.32 Å². The maximum Gasteiger partial charge on any atom is 0.276 e. The molecule has 1 fully saturated rings. The van der Waals surface area contributed by atoms with E-state index in [-0.39, 0.29) is 17.5 Å². The molecule has 0 aromatic heterocycles. The van der Waals surface area contributed by atoms with Crippen molar-refractivity contribution in [1.29, 1.82) is 0 Å². The van der Waals surface area contributed by atoms with Gasteiger partial charge in [-0.25, -0.2) is 0 Å². The van der Waals surface area contributed by atoms with Crippen LogP contribution in [0, 0.1) is 0 Å². The standard InChI is InChI=1S/C12H9N3O2S/c16-9-5-6-10(18)15(9)14-11-7-3-1-2-4-8(7)13-12(11)17/h1-4H,5-6H2,(H,13,14,17). The van der Waals surface area contributed by atoms with Gasteiger partial charge in [0.2, 0.25) is 5.91 Å². The number of rotatable bonds is 1. The fourth-order valence-corrected chi connectivity index (χ4v) is 2.22. The molecule has 5 nitrogen and oxygen atoms in total. The molecule has 0 spiro atoms. The van der Waals surface area contributed by atoms with Crippen LogP contribution in [0.3, 0.4) is 0 Å². The number of hydrogen-bond acceptors (Lipinski definition) is 4. The first-order valence-electron chi connectivity index (χ1n) is 5.52. The zero-order valence-electron chi connectivity index (χ0n) is 9.34. The topological polar surface area (TPSA) is 61.8 Å². The van der Waals surface area contributed by atoms with Crippen LogP contribution in [-0.2, 0) is 9.59 Å². The van der Waals surface area contributed by atoms with Gasteiger partial charge in [-0.05, 0) is 6.07 Å². The van der Waals surface area contributed by atoms with Crippen LogP contribution in [0.15, 0.2) is 29.4 Å². The van der Waals surface area contributed by atoms with E-state index < -0.39 is 0 Å². The maximum atomic E-state index is 11.8.